The largest absolute Gasteiger partial charge is 0.319 e. The number of nitro benzene ring substituents is 1. The molecule has 0 aliphatic heterocycles. The first-order chi connectivity index (χ1) is 10.9. The summed E-state index contributed by atoms with van der Waals surface area (Å²) in [5.41, 5.74) is 0.687. The Morgan fingerprint density at radius 1 is 1.35 bits per heavy atom. The van der Waals surface area contributed by atoms with E-state index in [2.05, 4.69) is 4.99 Å². The molecule has 118 valence electrons. The van der Waals surface area contributed by atoms with Crippen molar-refractivity contribution in [3.63, 3.8) is 0 Å². The molecular formula is C14H10ClN3O3S2. The van der Waals surface area contributed by atoms with Gasteiger partial charge >= 0.3 is 0 Å². The molecule has 2 heterocycles. The fourth-order valence-corrected chi connectivity index (χ4v) is 4.17. The Bertz CT molecular complexity index is 987. The van der Waals surface area contributed by atoms with E-state index in [1.165, 1.54) is 34.8 Å². The summed E-state index contributed by atoms with van der Waals surface area (Å²) in [6, 6.07) is 8.13. The highest BCUT2D eigenvalue weighted by Gasteiger charge is 2.11. The first kappa shape index (κ1) is 15.9. The van der Waals surface area contributed by atoms with Crippen LogP contribution in [-0.2, 0) is 18.3 Å². The summed E-state index contributed by atoms with van der Waals surface area (Å²) in [5.74, 6) is -0.278. The van der Waals surface area contributed by atoms with Crippen LogP contribution in [0.25, 0.3) is 10.2 Å². The summed E-state index contributed by atoms with van der Waals surface area (Å²) in [6.45, 7) is 0. The van der Waals surface area contributed by atoms with Gasteiger partial charge in [-0.25, -0.2) is 0 Å². The van der Waals surface area contributed by atoms with Crippen molar-refractivity contribution in [3.8, 4) is 0 Å². The summed E-state index contributed by atoms with van der Waals surface area (Å²) < 4.78 is 3.16. The molecule has 0 unspecified atom stereocenters. The number of benzene rings is 1. The number of carbonyl (C=O) groups excluding carboxylic acids is 1. The van der Waals surface area contributed by atoms with E-state index < -0.39 is 4.92 Å². The number of aromatic nitrogens is 1. The molecule has 9 heteroatoms. The normalized spacial score (nSPS) is 12.0. The van der Waals surface area contributed by atoms with Gasteiger partial charge in [0.25, 0.3) is 11.6 Å². The highest BCUT2D eigenvalue weighted by Crippen LogP contribution is 2.23. The van der Waals surface area contributed by atoms with E-state index in [9.17, 15) is 14.9 Å². The molecule has 0 saturated heterocycles. The van der Waals surface area contributed by atoms with Gasteiger partial charge in [0.15, 0.2) is 4.80 Å². The number of nitro groups is 1. The number of non-ortho nitro benzene ring substituents is 1. The van der Waals surface area contributed by atoms with Gasteiger partial charge in [-0.2, -0.15) is 4.99 Å². The van der Waals surface area contributed by atoms with Crippen LogP contribution in [0.3, 0.4) is 0 Å². The van der Waals surface area contributed by atoms with Gasteiger partial charge < -0.3 is 4.57 Å². The second-order valence-corrected chi connectivity index (χ2v) is 7.55. The van der Waals surface area contributed by atoms with Crippen molar-refractivity contribution in [3.05, 3.63) is 54.5 Å². The van der Waals surface area contributed by atoms with E-state index in [1.807, 2.05) is 0 Å². The highest BCUT2D eigenvalue weighted by molar-refractivity contribution is 7.16. The minimum absolute atomic E-state index is 0.0111. The number of thiazole rings is 1. The van der Waals surface area contributed by atoms with Gasteiger partial charge in [-0.1, -0.05) is 22.9 Å². The first-order valence-corrected chi connectivity index (χ1v) is 8.51. The molecule has 1 amide bonds. The van der Waals surface area contributed by atoms with E-state index in [-0.39, 0.29) is 18.0 Å². The van der Waals surface area contributed by atoms with Crippen molar-refractivity contribution in [2.24, 2.45) is 12.0 Å². The summed E-state index contributed by atoms with van der Waals surface area (Å²) in [6.07, 6.45) is 0.186. The SMILES string of the molecule is Cn1c(=NC(=O)Cc2ccc(Cl)s2)sc2ccc([N+](=O)[O-])cc21. The highest BCUT2D eigenvalue weighted by atomic mass is 35.5. The van der Waals surface area contributed by atoms with Crippen LogP contribution in [0.1, 0.15) is 4.88 Å². The summed E-state index contributed by atoms with van der Waals surface area (Å²) in [7, 11) is 1.73. The Morgan fingerprint density at radius 2 is 2.13 bits per heavy atom. The summed E-state index contributed by atoms with van der Waals surface area (Å²) in [5, 5.41) is 10.9. The zero-order valence-electron chi connectivity index (χ0n) is 11.9. The third-order valence-corrected chi connectivity index (χ3v) is 5.52. The zero-order chi connectivity index (χ0) is 16.6. The lowest BCUT2D eigenvalue weighted by atomic mass is 10.3. The van der Waals surface area contributed by atoms with Gasteiger partial charge in [0.1, 0.15) is 0 Å². The molecule has 0 saturated carbocycles. The molecule has 0 aliphatic carbocycles. The predicted octanol–water partition coefficient (Wildman–Crippen LogP) is 3.53. The molecule has 0 aliphatic rings. The van der Waals surface area contributed by atoms with Crippen molar-refractivity contribution in [2.45, 2.75) is 6.42 Å². The fraction of sp³-hybridized carbons (Fsp3) is 0.143. The average molecular weight is 368 g/mol. The van der Waals surface area contributed by atoms with Gasteiger partial charge in [-0.3, -0.25) is 14.9 Å². The lowest BCUT2D eigenvalue weighted by Crippen LogP contribution is -2.14. The number of thiophene rings is 1. The van der Waals surface area contributed by atoms with Crippen LogP contribution in [0.5, 0.6) is 0 Å². The third kappa shape index (κ3) is 3.34. The Kier molecular flexibility index (Phi) is 4.29. The molecule has 1 aromatic carbocycles. The number of hydrogen-bond acceptors (Lipinski definition) is 5. The monoisotopic (exact) mass is 367 g/mol. The second kappa shape index (κ2) is 6.23. The smallest absolute Gasteiger partial charge is 0.271 e. The summed E-state index contributed by atoms with van der Waals surface area (Å²) >= 11 is 8.51. The number of rotatable bonds is 3. The van der Waals surface area contributed by atoms with Crippen LogP contribution < -0.4 is 4.80 Å². The molecule has 2 aromatic heterocycles. The van der Waals surface area contributed by atoms with Crippen LogP contribution in [-0.4, -0.2) is 15.4 Å². The Labute approximate surface area is 143 Å². The number of nitrogens with zero attached hydrogens (tertiary/aromatic N) is 3. The molecular weight excluding hydrogens is 358 g/mol. The quantitative estimate of drug-likeness (QED) is 0.524. The standard InChI is InChI=1S/C14H10ClN3O3S2/c1-17-10-6-8(18(20)21)2-4-11(10)23-14(17)16-13(19)7-9-3-5-12(15)22-9/h2-6H,7H2,1H3. The van der Waals surface area contributed by atoms with Gasteiger partial charge in [0, 0.05) is 24.1 Å². The van der Waals surface area contributed by atoms with Crippen molar-refractivity contribution in [2.75, 3.05) is 0 Å². The Balaban J connectivity index is 1.97. The minimum atomic E-state index is -0.445. The molecule has 0 radical (unpaired) electrons. The van der Waals surface area contributed by atoms with Gasteiger partial charge in [-0.15, -0.1) is 11.3 Å². The predicted molar refractivity (Wildman–Crippen MR) is 91.1 cm³/mol. The van der Waals surface area contributed by atoms with Gasteiger partial charge in [-0.05, 0) is 18.2 Å². The molecule has 3 aromatic rings. The minimum Gasteiger partial charge on any atom is -0.319 e. The van der Waals surface area contributed by atoms with E-state index in [0.29, 0.717) is 14.7 Å². The second-order valence-electron chi connectivity index (χ2n) is 4.74. The van der Waals surface area contributed by atoms with E-state index in [1.54, 1.807) is 29.8 Å². The van der Waals surface area contributed by atoms with Crippen molar-refractivity contribution < 1.29 is 9.72 Å². The molecule has 23 heavy (non-hydrogen) atoms. The maximum atomic E-state index is 12.1. The van der Waals surface area contributed by atoms with Crippen LogP contribution in [0.2, 0.25) is 4.34 Å². The lowest BCUT2D eigenvalue weighted by molar-refractivity contribution is -0.384. The lowest BCUT2D eigenvalue weighted by Gasteiger charge is -1.95. The Morgan fingerprint density at radius 3 is 2.78 bits per heavy atom. The maximum absolute atomic E-state index is 12.1. The first-order valence-electron chi connectivity index (χ1n) is 6.50. The molecule has 3 rings (SSSR count). The Hall–Kier alpha value is -2.03. The summed E-state index contributed by atoms with van der Waals surface area (Å²) in [4.78, 5) is 28.0. The number of amides is 1. The number of aryl methyl sites for hydroxylation is 1. The van der Waals surface area contributed by atoms with Gasteiger partial charge in [0.2, 0.25) is 0 Å². The van der Waals surface area contributed by atoms with Crippen LogP contribution >= 0.6 is 34.3 Å². The number of fused-ring (bicyclic) bond motifs is 1. The van der Waals surface area contributed by atoms with Gasteiger partial charge in [0.05, 0.1) is 25.9 Å². The van der Waals surface area contributed by atoms with Crippen LogP contribution in [0.15, 0.2) is 35.3 Å². The van der Waals surface area contributed by atoms with E-state index >= 15 is 0 Å². The number of hydrogen-bond donors (Lipinski definition) is 0. The molecule has 0 bridgehead atoms. The average Bonchev–Trinajstić information content (AvgIpc) is 3.03. The van der Waals surface area contributed by atoms with Crippen molar-refractivity contribution in [1.29, 1.82) is 0 Å². The van der Waals surface area contributed by atoms with Crippen molar-refractivity contribution >= 4 is 56.1 Å². The number of carbonyl (C=O) groups is 1. The molecule has 0 fully saturated rings. The van der Waals surface area contributed by atoms with Crippen LogP contribution in [0.4, 0.5) is 5.69 Å². The molecule has 6 nitrogen and oxygen atoms in total. The van der Waals surface area contributed by atoms with E-state index in [4.69, 9.17) is 11.6 Å². The number of halogens is 1. The molecule has 0 atom stereocenters. The van der Waals surface area contributed by atoms with Crippen molar-refractivity contribution in [1.82, 2.24) is 4.57 Å². The maximum Gasteiger partial charge on any atom is 0.271 e. The topological polar surface area (TPSA) is 77.5 Å². The zero-order valence-corrected chi connectivity index (χ0v) is 14.2. The molecule has 0 spiro atoms. The van der Waals surface area contributed by atoms with E-state index in [0.717, 1.165) is 9.58 Å². The fourth-order valence-electron chi connectivity index (χ4n) is 2.08. The third-order valence-electron chi connectivity index (χ3n) is 3.18. The molecule has 0 N–H and O–H groups in total. The van der Waals surface area contributed by atoms with Crippen LogP contribution in [0, 0.1) is 10.1 Å².